The Morgan fingerprint density at radius 2 is 1.60 bits per heavy atom. The zero-order valence-corrected chi connectivity index (χ0v) is 14.2. The zero-order chi connectivity index (χ0) is 18.1. The van der Waals surface area contributed by atoms with Crippen LogP contribution in [0.1, 0.15) is 6.92 Å². The average Bonchev–Trinajstić information content (AvgIpc) is 3.00. The molecular weight excluding hydrogens is 380 g/mol. The van der Waals surface area contributed by atoms with E-state index in [0.29, 0.717) is 34.7 Å². The lowest BCUT2D eigenvalue weighted by Crippen LogP contribution is -2.04. The Balaban J connectivity index is 2.04. The molecule has 1 aromatic carbocycles. The maximum absolute atomic E-state index is 13.8. The quantitative estimate of drug-likeness (QED) is 0.479. The molecule has 0 saturated heterocycles. The van der Waals surface area contributed by atoms with Crippen LogP contribution >= 0.6 is 23.4 Å². The van der Waals surface area contributed by atoms with Crippen molar-refractivity contribution in [1.29, 1.82) is 0 Å². The van der Waals surface area contributed by atoms with E-state index in [9.17, 15) is 17.6 Å². The molecular formula is C15H9ClF4N4S. The van der Waals surface area contributed by atoms with Crippen LogP contribution in [-0.2, 0) is 6.54 Å². The number of aromatic nitrogens is 4. The van der Waals surface area contributed by atoms with Crippen LogP contribution in [-0.4, -0.2) is 19.7 Å². The van der Waals surface area contributed by atoms with Gasteiger partial charge in [-0.15, -0.1) is 10.2 Å². The number of rotatable bonds is 4. The summed E-state index contributed by atoms with van der Waals surface area (Å²) in [6.07, 6.45) is 0. The molecule has 0 fully saturated rings. The highest BCUT2D eigenvalue weighted by molar-refractivity contribution is 7.99. The third-order valence-electron chi connectivity index (χ3n) is 3.29. The standard InChI is InChI=1S/C15H9ClF4N4S/c1-2-24-14(7-3-5-8(16)6-4-7)22-23-15(24)25-11-9(17)12(19)21-13(20)10(11)18/h3-6H,2H2,1H3. The lowest BCUT2D eigenvalue weighted by Gasteiger charge is -2.08. The molecule has 0 spiro atoms. The van der Waals surface area contributed by atoms with Crippen molar-refractivity contribution in [2.75, 3.05) is 0 Å². The van der Waals surface area contributed by atoms with Gasteiger partial charge in [-0.3, -0.25) is 0 Å². The third kappa shape index (κ3) is 3.34. The maximum atomic E-state index is 13.8. The van der Waals surface area contributed by atoms with Crippen LogP contribution in [0.25, 0.3) is 11.4 Å². The van der Waals surface area contributed by atoms with E-state index >= 15 is 0 Å². The first-order valence-corrected chi connectivity index (χ1v) is 8.18. The normalized spacial score (nSPS) is 11.1. The van der Waals surface area contributed by atoms with E-state index in [1.165, 1.54) is 0 Å². The van der Waals surface area contributed by atoms with E-state index in [0.717, 1.165) is 0 Å². The fourth-order valence-corrected chi connectivity index (χ4v) is 3.17. The smallest absolute Gasteiger partial charge is 0.252 e. The minimum absolute atomic E-state index is 0.0789. The summed E-state index contributed by atoms with van der Waals surface area (Å²) in [5.74, 6) is -6.17. The molecule has 0 atom stereocenters. The van der Waals surface area contributed by atoms with Crippen molar-refractivity contribution in [2.45, 2.75) is 23.5 Å². The number of hydrogen-bond acceptors (Lipinski definition) is 4. The van der Waals surface area contributed by atoms with Crippen molar-refractivity contribution in [3.05, 3.63) is 52.8 Å². The molecule has 0 aliphatic heterocycles. The van der Waals surface area contributed by atoms with Gasteiger partial charge in [-0.05, 0) is 43.0 Å². The van der Waals surface area contributed by atoms with Gasteiger partial charge in [0.25, 0.3) is 11.9 Å². The van der Waals surface area contributed by atoms with Gasteiger partial charge in [-0.1, -0.05) is 11.6 Å². The summed E-state index contributed by atoms with van der Waals surface area (Å²) in [4.78, 5) is 1.66. The summed E-state index contributed by atoms with van der Waals surface area (Å²) in [7, 11) is 0. The van der Waals surface area contributed by atoms with E-state index < -0.39 is 28.4 Å². The minimum Gasteiger partial charge on any atom is -0.302 e. The fourth-order valence-electron chi connectivity index (χ4n) is 2.11. The molecule has 0 aliphatic carbocycles. The van der Waals surface area contributed by atoms with Gasteiger partial charge in [0, 0.05) is 17.1 Å². The van der Waals surface area contributed by atoms with Crippen molar-refractivity contribution in [3.8, 4) is 11.4 Å². The van der Waals surface area contributed by atoms with Gasteiger partial charge in [0.1, 0.15) is 0 Å². The van der Waals surface area contributed by atoms with Gasteiger partial charge in [0.15, 0.2) is 22.6 Å². The fraction of sp³-hybridized carbons (Fsp3) is 0.133. The van der Waals surface area contributed by atoms with Gasteiger partial charge in [-0.25, -0.2) is 8.78 Å². The van der Waals surface area contributed by atoms with Gasteiger partial charge in [0.05, 0.1) is 4.90 Å². The van der Waals surface area contributed by atoms with Gasteiger partial charge < -0.3 is 4.57 Å². The summed E-state index contributed by atoms with van der Waals surface area (Å²) in [5, 5.41) is 8.47. The highest BCUT2D eigenvalue weighted by Crippen LogP contribution is 2.34. The summed E-state index contributed by atoms with van der Waals surface area (Å²) >= 11 is 6.27. The van der Waals surface area contributed by atoms with Gasteiger partial charge in [-0.2, -0.15) is 13.8 Å². The predicted molar refractivity (Wildman–Crippen MR) is 84.3 cm³/mol. The molecule has 10 heteroatoms. The molecule has 4 nitrogen and oxygen atoms in total. The number of halogens is 5. The van der Waals surface area contributed by atoms with E-state index in [-0.39, 0.29) is 5.16 Å². The number of hydrogen-bond donors (Lipinski definition) is 0. The molecule has 130 valence electrons. The second-order valence-electron chi connectivity index (χ2n) is 4.81. The summed E-state index contributed by atoms with van der Waals surface area (Å²) in [6, 6.07) is 6.73. The van der Waals surface area contributed by atoms with Crippen LogP contribution in [0, 0.1) is 23.5 Å². The number of pyridine rings is 1. The molecule has 25 heavy (non-hydrogen) atoms. The Morgan fingerprint density at radius 1 is 1.00 bits per heavy atom. The highest BCUT2D eigenvalue weighted by Gasteiger charge is 2.24. The molecule has 0 saturated carbocycles. The summed E-state index contributed by atoms with van der Waals surface area (Å²) in [5.41, 5.74) is 0.679. The largest absolute Gasteiger partial charge is 0.302 e. The second kappa shape index (κ2) is 7.01. The first-order chi connectivity index (χ1) is 11.9. The Hall–Kier alpha value is -2.13. The zero-order valence-electron chi connectivity index (χ0n) is 12.6. The molecule has 0 amide bonds. The van der Waals surface area contributed by atoms with Crippen LogP contribution in [0.2, 0.25) is 5.02 Å². The van der Waals surface area contributed by atoms with E-state index in [1.54, 1.807) is 35.8 Å². The Morgan fingerprint density at radius 3 is 2.16 bits per heavy atom. The molecule has 0 radical (unpaired) electrons. The molecule has 0 aliphatic rings. The van der Waals surface area contributed by atoms with Crippen LogP contribution in [0.4, 0.5) is 17.6 Å². The molecule has 0 bridgehead atoms. The predicted octanol–water partition coefficient (Wildman–Crippen LogP) is 4.72. The molecule has 2 heterocycles. The van der Waals surface area contributed by atoms with Crippen LogP contribution in [0.5, 0.6) is 0 Å². The van der Waals surface area contributed by atoms with Crippen LogP contribution < -0.4 is 0 Å². The molecule has 2 aromatic heterocycles. The maximum Gasteiger partial charge on any atom is 0.252 e. The monoisotopic (exact) mass is 388 g/mol. The Kier molecular flexibility index (Phi) is 4.96. The number of benzene rings is 1. The van der Waals surface area contributed by atoms with E-state index in [4.69, 9.17) is 11.6 Å². The Labute approximate surface area is 148 Å². The molecule has 0 N–H and O–H groups in total. The second-order valence-corrected chi connectivity index (χ2v) is 6.22. The average molecular weight is 389 g/mol. The van der Waals surface area contributed by atoms with Gasteiger partial charge >= 0.3 is 0 Å². The Bertz CT molecular complexity index is 904. The SMILES string of the molecule is CCn1c(Sc2c(F)c(F)nc(F)c2F)nnc1-c1ccc(Cl)cc1. The first kappa shape index (κ1) is 17.7. The van der Waals surface area contributed by atoms with Crippen molar-refractivity contribution in [3.63, 3.8) is 0 Å². The lowest BCUT2D eigenvalue weighted by atomic mass is 10.2. The highest BCUT2D eigenvalue weighted by atomic mass is 35.5. The van der Waals surface area contributed by atoms with Crippen molar-refractivity contribution in [1.82, 2.24) is 19.7 Å². The lowest BCUT2D eigenvalue weighted by molar-refractivity contribution is 0.383. The molecule has 0 unspecified atom stereocenters. The third-order valence-corrected chi connectivity index (χ3v) is 4.59. The summed E-state index contributed by atoms with van der Waals surface area (Å²) in [6.45, 7) is 2.14. The van der Waals surface area contributed by atoms with E-state index in [2.05, 4.69) is 15.2 Å². The van der Waals surface area contributed by atoms with Gasteiger partial charge in [0.2, 0.25) is 0 Å². The van der Waals surface area contributed by atoms with Crippen LogP contribution in [0.3, 0.4) is 0 Å². The van der Waals surface area contributed by atoms with E-state index in [1.807, 2.05) is 0 Å². The summed E-state index contributed by atoms with van der Waals surface area (Å²) < 4.78 is 55.7. The molecule has 3 aromatic rings. The topological polar surface area (TPSA) is 43.6 Å². The molecule has 3 rings (SSSR count). The minimum atomic E-state index is -1.72. The number of nitrogens with zero attached hydrogens (tertiary/aromatic N) is 4. The first-order valence-electron chi connectivity index (χ1n) is 6.99. The van der Waals surface area contributed by atoms with Crippen molar-refractivity contribution >= 4 is 23.4 Å². The van der Waals surface area contributed by atoms with Crippen LogP contribution in [0.15, 0.2) is 34.3 Å². The van der Waals surface area contributed by atoms with Crippen molar-refractivity contribution < 1.29 is 17.6 Å². The van der Waals surface area contributed by atoms with Crippen molar-refractivity contribution in [2.24, 2.45) is 0 Å².